The van der Waals surface area contributed by atoms with E-state index in [0.717, 1.165) is 22.1 Å². The van der Waals surface area contributed by atoms with Gasteiger partial charge in [-0.2, -0.15) is 13.8 Å². The van der Waals surface area contributed by atoms with Crippen molar-refractivity contribution in [1.29, 1.82) is 0 Å². The Morgan fingerprint density at radius 3 is 2.35 bits per heavy atom. The van der Waals surface area contributed by atoms with Gasteiger partial charge < -0.3 is 9.42 Å². The molecule has 1 amide bonds. The maximum absolute atomic E-state index is 15.4. The number of rotatable bonds is 7. The first-order valence-electron chi connectivity index (χ1n) is 15.8. The Kier molecular flexibility index (Phi) is 7.53. The third-order valence-corrected chi connectivity index (χ3v) is 11.5. The summed E-state index contributed by atoms with van der Waals surface area (Å²) in [4.78, 5) is 24.5. The molecule has 4 fully saturated rings. The van der Waals surface area contributed by atoms with Crippen molar-refractivity contribution in [1.82, 2.24) is 15.1 Å². The summed E-state index contributed by atoms with van der Waals surface area (Å²) in [6, 6.07) is 10.2. The van der Waals surface area contributed by atoms with Crippen molar-refractivity contribution in [3.8, 4) is 11.1 Å². The molecule has 4 aliphatic rings. The summed E-state index contributed by atoms with van der Waals surface area (Å²) in [7, 11) is 0. The third kappa shape index (κ3) is 5.71. The Bertz CT molecular complexity index is 1760. The lowest BCUT2D eigenvalue weighted by Gasteiger charge is -2.53. The second kappa shape index (κ2) is 11.1. The van der Waals surface area contributed by atoms with E-state index in [1.165, 1.54) is 17.4 Å². The Hall–Kier alpha value is -3.41. The van der Waals surface area contributed by atoms with Crippen LogP contribution in [0.5, 0.6) is 0 Å². The van der Waals surface area contributed by atoms with Crippen molar-refractivity contribution in [3.05, 3.63) is 58.9 Å². The first-order chi connectivity index (χ1) is 21.7. The summed E-state index contributed by atoms with van der Waals surface area (Å²) in [6.07, 6.45) is 3.61. The van der Waals surface area contributed by atoms with Gasteiger partial charge in [0.15, 0.2) is 5.82 Å². The fraction of sp³-hybridized carbons (Fsp3) is 0.529. The van der Waals surface area contributed by atoms with Gasteiger partial charge in [0, 0.05) is 48.9 Å². The van der Waals surface area contributed by atoms with Gasteiger partial charge in [-0.25, -0.2) is 18.2 Å². The van der Waals surface area contributed by atoms with Gasteiger partial charge in [0.25, 0.3) is 5.89 Å². The first-order valence-corrected chi connectivity index (χ1v) is 16.7. The second-order valence-corrected chi connectivity index (χ2v) is 15.0. The largest absolute Gasteiger partial charge is 0.333 e. The number of carbonyl (C=O) groups is 1. The number of carbonyl (C=O) groups excluding carboxylic acids is 1. The van der Waals surface area contributed by atoms with E-state index in [0.29, 0.717) is 67.7 Å². The molecule has 0 spiro atoms. The number of hydrogen-bond donors (Lipinski definition) is 0. The fourth-order valence-electron chi connectivity index (χ4n) is 7.70. The van der Waals surface area contributed by atoms with Crippen LogP contribution in [0.25, 0.3) is 21.3 Å². The van der Waals surface area contributed by atoms with E-state index in [1.807, 2.05) is 25.1 Å². The Morgan fingerprint density at radius 2 is 1.70 bits per heavy atom. The van der Waals surface area contributed by atoms with Crippen LogP contribution in [0.3, 0.4) is 0 Å². The van der Waals surface area contributed by atoms with Gasteiger partial charge in [0.1, 0.15) is 5.82 Å². The molecule has 2 aromatic carbocycles. The molecule has 12 heteroatoms. The van der Waals surface area contributed by atoms with Crippen molar-refractivity contribution in [2.45, 2.75) is 95.3 Å². The van der Waals surface area contributed by atoms with E-state index in [2.05, 4.69) is 15.1 Å². The highest BCUT2D eigenvalue weighted by molar-refractivity contribution is 7.18. The van der Waals surface area contributed by atoms with Crippen LogP contribution in [-0.2, 0) is 16.1 Å². The van der Waals surface area contributed by atoms with Gasteiger partial charge in [-0.1, -0.05) is 11.2 Å². The van der Waals surface area contributed by atoms with Crippen molar-refractivity contribution in [2.75, 3.05) is 11.4 Å². The fourth-order valence-corrected chi connectivity index (χ4v) is 8.57. The van der Waals surface area contributed by atoms with Crippen LogP contribution in [-0.4, -0.2) is 33.5 Å². The number of amides is 1. The van der Waals surface area contributed by atoms with Crippen molar-refractivity contribution < 1.29 is 31.3 Å². The molecule has 2 heterocycles. The predicted octanol–water partition coefficient (Wildman–Crippen LogP) is 9.36. The molecule has 0 saturated heterocycles. The molecule has 0 N–H and O–H groups in total. The molecule has 0 unspecified atom stereocenters. The molecule has 46 heavy (non-hydrogen) atoms. The van der Waals surface area contributed by atoms with E-state index in [1.54, 1.807) is 17.0 Å². The molecule has 2 aromatic heterocycles. The van der Waals surface area contributed by atoms with Crippen LogP contribution in [0.4, 0.5) is 27.6 Å². The average Bonchev–Trinajstić information content (AvgIpc) is 3.68. The van der Waals surface area contributed by atoms with Crippen LogP contribution in [0.1, 0.15) is 87.9 Å². The number of anilines is 1. The normalized spacial score (nSPS) is 24.8. The van der Waals surface area contributed by atoms with Crippen LogP contribution in [0, 0.1) is 24.1 Å². The summed E-state index contributed by atoms with van der Waals surface area (Å²) >= 11 is 1.52. The number of nitrogens with zero attached hydrogens (tertiary/aromatic N) is 4. The van der Waals surface area contributed by atoms with E-state index < -0.39 is 34.9 Å². The first kappa shape index (κ1) is 31.2. The number of hydrogen-bond acceptors (Lipinski definition) is 6. The number of aryl methyl sites for hydroxylation is 1. The zero-order valence-electron chi connectivity index (χ0n) is 25.7. The van der Waals surface area contributed by atoms with Gasteiger partial charge in [-0.15, -0.1) is 11.3 Å². The molecule has 8 rings (SSSR count). The summed E-state index contributed by atoms with van der Waals surface area (Å²) in [5.74, 6) is -7.57. The Labute approximate surface area is 267 Å². The number of alkyl halides is 4. The van der Waals surface area contributed by atoms with Gasteiger partial charge in [0.2, 0.25) is 11.8 Å². The summed E-state index contributed by atoms with van der Waals surface area (Å²) in [6.45, 7) is 3.00. The van der Waals surface area contributed by atoms with E-state index in [4.69, 9.17) is 4.52 Å². The molecule has 0 radical (unpaired) electrons. The molecule has 0 aliphatic heterocycles. The number of fused-ring (bicyclic) bond motifs is 4. The van der Waals surface area contributed by atoms with Crippen molar-refractivity contribution >= 4 is 33.1 Å². The van der Waals surface area contributed by atoms with Gasteiger partial charge in [-0.05, 0) is 99.6 Å². The van der Waals surface area contributed by atoms with Crippen LogP contribution >= 0.6 is 11.3 Å². The number of benzene rings is 2. The Morgan fingerprint density at radius 1 is 1.00 bits per heavy atom. The molecule has 6 nitrogen and oxygen atoms in total. The topological polar surface area (TPSA) is 72.1 Å². The molecule has 4 aromatic rings. The molecular formula is C34H35F5N4O2S. The smallest absolute Gasteiger partial charge is 0.322 e. The minimum absolute atomic E-state index is 0.0934. The average molecular weight is 659 g/mol. The molecule has 4 aliphatic carbocycles. The van der Waals surface area contributed by atoms with Crippen LogP contribution < -0.4 is 4.90 Å². The summed E-state index contributed by atoms with van der Waals surface area (Å²) in [5, 5.41) is 4.85. The van der Waals surface area contributed by atoms with Crippen LogP contribution in [0.2, 0.25) is 0 Å². The highest BCUT2D eigenvalue weighted by atomic mass is 32.1. The molecular weight excluding hydrogens is 623 g/mol. The van der Waals surface area contributed by atoms with E-state index in [9.17, 15) is 22.4 Å². The Balaban J connectivity index is 1.19. The summed E-state index contributed by atoms with van der Waals surface area (Å²) < 4.78 is 77.1. The zero-order valence-corrected chi connectivity index (χ0v) is 26.5. The second-order valence-electron chi connectivity index (χ2n) is 13.7. The number of thiazole rings is 1. The minimum atomic E-state index is -3.22. The molecule has 244 valence electrons. The highest BCUT2D eigenvalue weighted by Gasteiger charge is 2.53. The molecule has 0 atom stereocenters. The monoisotopic (exact) mass is 658 g/mol. The molecule has 2 bridgehead atoms. The highest BCUT2D eigenvalue weighted by Crippen LogP contribution is 2.58. The number of halogens is 5. The van der Waals surface area contributed by atoms with Gasteiger partial charge in [-0.3, -0.25) is 4.79 Å². The maximum Gasteiger partial charge on any atom is 0.322 e. The summed E-state index contributed by atoms with van der Waals surface area (Å²) in [5.41, 5.74) is 1.64. The van der Waals surface area contributed by atoms with Gasteiger partial charge in [0.05, 0.1) is 15.2 Å². The molecule has 4 saturated carbocycles. The standard InChI is InChI=1S/C34H35F5N4O2S/c1-20-40-26-6-3-22(17-27(26)46-20)24-18-23(4-5-25(24)35)43(28(44)21-7-9-34(38,39)10-8-21)19-32-11-14-33(15-12-32,16-13-32)29-41-30(45-42-29)31(2,36)37/h3-6,17-18,21H,7-16,19H2,1-2H3. The maximum atomic E-state index is 15.4. The minimum Gasteiger partial charge on any atom is -0.333 e. The third-order valence-electron chi connectivity index (χ3n) is 10.6. The van der Waals surface area contributed by atoms with E-state index in [-0.39, 0.29) is 37.0 Å². The SMILES string of the molecule is Cc1nc2ccc(-c3cc(N(CC45CCC(c6noc(C(C)(F)F)n6)(CC4)CC5)C(=O)C4CCC(F)(F)CC4)ccc3F)cc2s1. The quantitative estimate of drug-likeness (QED) is 0.185. The predicted molar refractivity (Wildman–Crippen MR) is 165 cm³/mol. The van der Waals surface area contributed by atoms with Crippen LogP contribution in [0.15, 0.2) is 40.9 Å². The van der Waals surface area contributed by atoms with Crippen molar-refractivity contribution in [2.24, 2.45) is 11.3 Å². The lowest BCUT2D eigenvalue weighted by molar-refractivity contribution is -0.127. The van der Waals surface area contributed by atoms with Gasteiger partial charge >= 0.3 is 5.92 Å². The van der Waals surface area contributed by atoms with E-state index >= 15 is 4.39 Å². The zero-order chi connectivity index (χ0) is 32.5. The number of aromatic nitrogens is 3. The van der Waals surface area contributed by atoms with Crippen molar-refractivity contribution in [3.63, 3.8) is 0 Å². The lowest BCUT2D eigenvalue weighted by Crippen LogP contribution is -2.52. The lowest BCUT2D eigenvalue weighted by atomic mass is 9.53.